The van der Waals surface area contributed by atoms with E-state index in [-0.39, 0.29) is 11.5 Å². The molecule has 1 aliphatic carbocycles. The summed E-state index contributed by atoms with van der Waals surface area (Å²) >= 11 is 0. The number of nitro groups is 1. The van der Waals surface area contributed by atoms with Crippen molar-refractivity contribution in [1.29, 1.82) is 0 Å². The van der Waals surface area contributed by atoms with Crippen LogP contribution in [0.25, 0.3) is 16.5 Å². The minimum absolute atomic E-state index is 0.0284. The zero-order valence-corrected chi connectivity index (χ0v) is 16.3. The molecule has 0 spiro atoms. The highest BCUT2D eigenvalue weighted by Crippen LogP contribution is 2.34. The highest BCUT2D eigenvalue weighted by atomic mass is 16.6. The zero-order valence-electron chi connectivity index (χ0n) is 16.3. The maximum absolute atomic E-state index is 12.8. The minimum Gasteiger partial charge on any atom is -0.370 e. The van der Waals surface area contributed by atoms with Crippen LogP contribution in [0, 0.1) is 10.1 Å². The highest BCUT2D eigenvalue weighted by Gasteiger charge is 2.26. The van der Waals surface area contributed by atoms with E-state index in [0.717, 1.165) is 46.5 Å². The number of aromatic nitrogens is 2. The molecular weight excluding hydrogens is 368 g/mol. The van der Waals surface area contributed by atoms with Crippen LogP contribution >= 0.6 is 0 Å². The second kappa shape index (κ2) is 7.43. The first kappa shape index (κ1) is 18.7. The third-order valence-corrected chi connectivity index (χ3v) is 5.28. The van der Waals surface area contributed by atoms with Crippen LogP contribution in [-0.4, -0.2) is 38.9 Å². The van der Waals surface area contributed by atoms with Crippen molar-refractivity contribution in [3.8, 4) is 0 Å². The van der Waals surface area contributed by atoms with Crippen molar-refractivity contribution >= 4 is 27.9 Å². The van der Waals surface area contributed by atoms with E-state index in [0.29, 0.717) is 12.0 Å². The lowest BCUT2D eigenvalue weighted by Crippen LogP contribution is -2.25. The molecule has 0 radical (unpaired) electrons. The topological polar surface area (TPSA) is 89.2 Å². The number of nitro benzene ring substituents is 1. The van der Waals surface area contributed by atoms with E-state index in [1.54, 1.807) is 18.2 Å². The molecule has 7 nitrogen and oxygen atoms in total. The summed E-state index contributed by atoms with van der Waals surface area (Å²) in [6.45, 7) is 5.63. The van der Waals surface area contributed by atoms with Crippen LogP contribution in [0.4, 0.5) is 5.69 Å². The Hall–Kier alpha value is -3.61. The van der Waals surface area contributed by atoms with Crippen LogP contribution in [0.15, 0.2) is 48.5 Å². The Balaban J connectivity index is 1.82. The van der Waals surface area contributed by atoms with Crippen molar-refractivity contribution in [3.05, 3.63) is 81.2 Å². The number of allylic oxidation sites excluding steroid dienone is 1. The molecule has 29 heavy (non-hydrogen) atoms. The summed E-state index contributed by atoms with van der Waals surface area (Å²) in [5.74, 6) is -0.0284. The molecule has 1 heterocycles. The molecule has 146 valence electrons. The fourth-order valence-electron chi connectivity index (χ4n) is 3.78. The van der Waals surface area contributed by atoms with Gasteiger partial charge in [0.25, 0.3) is 5.69 Å². The van der Waals surface area contributed by atoms with E-state index in [2.05, 4.69) is 15.1 Å². The Morgan fingerprint density at radius 3 is 2.41 bits per heavy atom. The van der Waals surface area contributed by atoms with Crippen molar-refractivity contribution in [2.24, 2.45) is 0 Å². The Kier molecular flexibility index (Phi) is 4.80. The van der Waals surface area contributed by atoms with Crippen molar-refractivity contribution in [2.75, 3.05) is 13.1 Å². The molecule has 3 aromatic rings. The fourth-order valence-corrected chi connectivity index (χ4v) is 3.78. The van der Waals surface area contributed by atoms with Crippen molar-refractivity contribution in [3.63, 3.8) is 0 Å². The molecule has 2 aromatic carbocycles. The Morgan fingerprint density at radius 1 is 1.03 bits per heavy atom. The first-order chi connectivity index (χ1) is 14.0. The maximum Gasteiger partial charge on any atom is 0.269 e. The lowest BCUT2D eigenvalue weighted by Gasteiger charge is -2.27. The number of non-ortho nitro benzene ring substituents is 1. The van der Waals surface area contributed by atoms with Crippen LogP contribution in [0.5, 0.6) is 0 Å². The monoisotopic (exact) mass is 388 g/mol. The molecule has 0 saturated carbocycles. The van der Waals surface area contributed by atoms with E-state index < -0.39 is 4.92 Å². The van der Waals surface area contributed by atoms with Gasteiger partial charge in [-0.1, -0.05) is 30.3 Å². The first-order valence-corrected chi connectivity index (χ1v) is 9.56. The summed E-state index contributed by atoms with van der Waals surface area (Å²) in [6.07, 6.45) is 2.12. The van der Waals surface area contributed by atoms with E-state index in [1.807, 2.05) is 32.0 Å². The summed E-state index contributed by atoms with van der Waals surface area (Å²) in [5.41, 5.74) is 3.86. The molecule has 0 N–H and O–H groups in total. The third-order valence-electron chi connectivity index (χ3n) is 5.28. The van der Waals surface area contributed by atoms with E-state index >= 15 is 0 Å². The van der Waals surface area contributed by atoms with Gasteiger partial charge in [-0.05, 0) is 19.4 Å². The predicted octanol–water partition coefficient (Wildman–Crippen LogP) is 4.01. The summed E-state index contributed by atoms with van der Waals surface area (Å²) < 4.78 is 0. The Morgan fingerprint density at radius 2 is 1.76 bits per heavy atom. The van der Waals surface area contributed by atoms with Gasteiger partial charge in [0, 0.05) is 54.1 Å². The molecule has 0 saturated heterocycles. The number of carbonyl (C=O) groups is 1. The van der Waals surface area contributed by atoms with Gasteiger partial charge in [-0.25, -0.2) is 0 Å². The van der Waals surface area contributed by atoms with Gasteiger partial charge in [0.15, 0.2) is 5.78 Å². The molecule has 1 aliphatic rings. The lowest BCUT2D eigenvalue weighted by atomic mass is 9.92. The standard InChI is InChI=1S/C22H20N4O3/c1-3-25(4-2)19-13-20(27)17-7-5-6-16-18(23-24-22(19)21(16)17)12-14-8-10-15(11-9-14)26(28)29/h5-11,13H,3-4,12H2,1-2H3. The van der Waals surface area contributed by atoms with E-state index in [1.165, 1.54) is 12.1 Å². The average molecular weight is 388 g/mol. The number of ketones is 1. The van der Waals surface area contributed by atoms with E-state index in [4.69, 9.17) is 0 Å². The number of carbonyl (C=O) groups excluding carboxylic acids is 1. The number of hydrogen-bond acceptors (Lipinski definition) is 6. The van der Waals surface area contributed by atoms with Crippen molar-refractivity contribution in [2.45, 2.75) is 20.3 Å². The van der Waals surface area contributed by atoms with Crippen LogP contribution in [0.2, 0.25) is 0 Å². The molecule has 0 atom stereocenters. The second-order valence-corrected chi connectivity index (χ2v) is 6.89. The normalized spacial score (nSPS) is 12.8. The number of hydrogen-bond donors (Lipinski definition) is 0. The fraction of sp³-hybridized carbons (Fsp3) is 0.227. The van der Waals surface area contributed by atoms with Crippen LogP contribution in [0.3, 0.4) is 0 Å². The van der Waals surface area contributed by atoms with Crippen molar-refractivity contribution in [1.82, 2.24) is 15.1 Å². The Labute approximate surface area is 167 Å². The third kappa shape index (κ3) is 3.24. The SMILES string of the molecule is CCN(CC)C1=CC(=O)c2cccc3c(Cc4ccc([N+](=O)[O-])cc4)nnc1c23. The molecule has 0 aliphatic heterocycles. The Bertz CT molecular complexity index is 1150. The molecule has 0 amide bonds. The molecule has 4 rings (SSSR count). The molecule has 0 unspecified atom stereocenters. The molecule has 1 aromatic heterocycles. The van der Waals surface area contributed by atoms with Crippen LogP contribution in [-0.2, 0) is 6.42 Å². The molecule has 0 fully saturated rings. The zero-order chi connectivity index (χ0) is 20.5. The van der Waals surface area contributed by atoms with Gasteiger partial charge >= 0.3 is 0 Å². The van der Waals surface area contributed by atoms with Gasteiger partial charge < -0.3 is 4.90 Å². The summed E-state index contributed by atoms with van der Waals surface area (Å²) in [5, 5.41) is 21.5. The summed E-state index contributed by atoms with van der Waals surface area (Å²) in [7, 11) is 0. The van der Waals surface area contributed by atoms with Crippen LogP contribution < -0.4 is 0 Å². The number of benzene rings is 2. The first-order valence-electron chi connectivity index (χ1n) is 9.56. The van der Waals surface area contributed by atoms with Gasteiger partial charge in [-0.3, -0.25) is 14.9 Å². The number of rotatable bonds is 6. The van der Waals surface area contributed by atoms with Gasteiger partial charge in [-0.15, -0.1) is 5.10 Å². The second-order valence-electron chi connectivity index (χ2n) is 6.89. The molecular formula is C22H20N4O3. The van der Waals surface area contributed by atoms with Gasteiger partial charge in [0.2, 0.25) is 0 Å². The smallest absolute Gasteiger partial charge is 0.269 e. The van der Waals surface area contributed by atoms with E-state index in [9.17, 15) is 14.9 Å². The summed E-state index contributed by atoms with van der Waals surface area (Å²) in [4.78, 5) is 25.3. The summed E-state index contributed by atoms with van der Waals surface area (Å²) in [6, 6.07) is 12.0. The lowest BCUT2D eigenvalue weighted by molar-refractivity contribution is -0.384. The maximum atomic E-state index is 12.8. The van der Waals surface area contributed by atoms with Gasteiger partial charge in [-0.2, -0.15) is 5.10 Å². The molecule has 0 bridgehead atoms. The van der Waals surface area contributed by atoms with Gasteiger partial charge in [0.1, 0.15) is 5.69 Å². The van der Waals surface area contributed by atoms with Crippen LogP contribution in [0.1, 0.15) is 41.2 Å². The molecule has 7 heteroatoms. The quantitative estimate of drug-likeness (QED) is 0.468. The number of nitrogens with zero attached hydrogens (tertiary/aromatic N) is 4. The highest BCUT2D eigenvalue weighted by molar-refractivity contribution is 6.21. The van der Waals surface area contributed by atoms with Crippen molar-refractivity contribution < 1.29 is 9.72 Å². The minimum atomic E-state index is -0.418. The largest absolute Gasteiger partial charge is 0.370 e. The average Bonchev–Trinajstić information content (AvgIpc) is 2.73. The predicted molar refractivity (Wildman–Crippen MR) is 111 cm³/mol. The van der Waals surface area contributed by atoms with Gasteiger partial charge in [0.05, 0.1) is 16.3 Å².